The number of benzene rings is 3. The average Bonchev–Trinajstić information content (AvgIpc) is 3.24. The minimum Gasteiger partial charge on any atom is -0.496 e. The largest absolute Gasteiger partial charge is 0.496 e. The number of amides is 1. The Morgan fingerprint density at radius 2 is 1.83 bits per heavy atom. The third kappa shape index (κ3) is 6.58. The van der Waals surface area contributed by atoms with Gasteiger partial charge in [0.1, 0.15) is 17.7 Å². The number of hydrogen-bond donors (Lipinski definition) is 1. The Balaban J connectivity index is 1.56. The molecule has 3 aromatic rings. The quantitative estimate of drug-likeness (QED) is 0.256. The third-order valence-corrected chi connectivity index (χ3v) is 9.11. The van der Waals surface area contributed by atoms with Crippen molar-refractivity contribution < 1.29 is 41.7 Å². The Morgan fingerprint density at radius 3 is 2.46 bits per heavy atom. The summed E-state index contributed by atoms with van der Waals surface area (Å²) < 4.78 is 67.5. The van der Waals surface area contributed by atoms with Crippen molar-refractivity contribution in [2.45, 2.75) is 65.3 Å². The molecule has 1 aliphatic carbocycles. The van der Waals surface area contributed by atoms with Gasteiger partial charge in [-0.2, -0.15) is 13.2 Å². The number of allylic oxidation sites excluding steroid dienone is 1. The molecule has 1 N–H and O–H groups in total. The molecule has 0 bridgehead atoms. The second kappa shape index (κ2) is 12.3. The van der Waals surface area contributed by atoms with Crippen molar-refractivity contribution in [3.05, 3.63) is 92.8 Å². The van der Waals surface area contributed by atoms with Crippen LogP contribution in [0.4, 0.5) is 22.4 Å². The van der Waals surface area contributed by atoms with Crippen LogP contribution in [0.1, 0.15) is 78.7 Å². The summed E-state index contributed by atoms with van der Waals surface area (Å²) in [5, 5.41) is 9.40. The van der Waals surface area contributed by atoms with Crippen LogP contribution < -0.4 is 4.74 Å². The van der Waals surface area contributed by atoms with Gasteiger partial charge in [-0.1, -0.05) is 43.1 Å². The molecule has 3 aromatic carbocycles. The SMILES string of the molecule is COc1cc(F)c(-c2ccc(C(=O)O)cc2Cl)cc1C1=C(CN2C(=O)O[C@H](c3cc(C)cc(C(F)(F)F)c3)[C@@H]2C)CC(C)(C)CC1. The zero-order chi connectivity index (χ0) is 33.7. The van der Waals surface area contributed by atoms with Crippen molar-refractivity contribution in [3.8, 4) is 16.9 Å². The smallest absolute Gasteiger partial charge is 0.416 e. The molecule has 1 aliphatic heterocycles. The van der Waals surface area contributed by atoms with Crippen molar-refractivity contribution in [2.75, 3.05) is 13.7 Å². The van der Waals surface area contributed by atoms with E-state index in [4.69, 9.17) is 21.1 Å². The molecule has 0 unspecified atom stereocenters. The number of aryl methyl sites for hydroxylation is 1. The molecule has 0 radical (unpaired) electrons. The highest BCUT2D eigenvalue weighted by atomic mass is 35.5. The van der Waals surface area contributed by atoms with Crippen LogP contribution >= 0.6 is 11.6 Å². The first-order chi connectivity index (χ1) is 21.5. The van der Waals surface area contributed by atoms with E-state index < -0.39 is 41.8 Å². The number of carbonyl (C=O) groups excluding carboxylic acids is 1. The van der Waals surface area contributed by atoms with Gasteiger partial charge in [-0.05, 0) is 85.6 Å². The van der Waals surface area contributed by atoms with E-state index in [0.717, 1.165) is 29.7 Å². The monoisotopic (exact) mass is 659 g/mol. The normalized spacial score (nSPS) is 19.8. The second-order valence-corrected chi connectivity index (χ2v) is 13.2. The fraction of sp³-hybridized carbons (Fsp3) is 0.371. The molecule has 46 heavy (non-hydrogen) atoms. The maximum atomic E-state index is 15.5. The van der Waals surface area contributed by atoms with Crippen molar-refractivity contribution in [1.82, 2.24) is 4.90 Å². The van der Waals surface area contributed by atoms with Crippen LogP contribution in [0.3, 0.4) is 0 Å². The molecule has 0 spiro atoms. The second-order valence-electron chi connectivity index (χ2n) is 12.8. The van der Waals surface area contributed by atoms with Crippen LogP contribution in [0.25, 0.3) is 16.7 Å². The Hall–Kier alpha value is -4.05. The number of nitrogens with zero attached hydrogens (tertiary/aromatic N) is 1. The summed E-state index contributed by atoms with van der Waals surface area (Å²) in [6, 6.07) is 10.1. The number of rotatable bonds is 7. The van der Waals surface area contributed by atoms with E-state index in [9.17, 15) is 27.9 Å². The number of aromatic carboxylic acids is 1. The molecule has 11 heteroatoms. The van der Waals surface area contributed by atoms with E-state index >= 15 is 4.39 Å². The molecular weight excluding hydrogens is 626 g/mol. The van der Waals surface area contributed by atoms with Gasteiger partial charge in [0, 0.05) is 34.3 Å². The summed E-state index contributed by atoms with van der Waals surface area (Å²) in [6.07, 6.45) is -4.12. The van der Waals surface area contributed by atoms with Gasteiger partial charge in [0.15, 0.2) is 0 Å². The van der Waals surface area contributed by atoms with Gasteiger partial charge in [-0.3, -0.25) is 4.90 Å². The van der Waals surface area contributed by atoms with Crippen LogP contribution in [-0.4, -0.2) is 41.8 Å². The van der Waals surface area contributed by atoms with Crippen LogP contribution in [-0.2, 0) is 10.9 Å². The standard InChI is InChI=1S/C35H34ClF4NO5/c1-18-10-21(12-23(11-18)35(38,39)40)31-19(2)41(33(44)46-31)17-22-16-34(3,4)9-8-24(22)27-14-26(29(37)15-30(27)45-5)25-7-6-20(32(42)43)13-28(25)36/h6-7,10-15,19,31H,8-9,16-17H2,1-5H3,(H,42,43)/t19-,31-/m0/s1. The first-order valence-corrected chi connectivity index (χ1v) is 15.1. The fourth-order valence-corrected chi connectivity index (χ4v) is 6.71. The third-order valence-electron chi connectivity index (χ3n) is 8.80. The predicted molar refractivity (Wildman–Crippen MR) is 166 cm³/mol. The number of carboxylic acids is 1. The summed E-state index contributed by atoms with van der Waals surface area (Å²) in [5.74, 6) is -1.50. The Bertz CT molecular complexity index is 1750. The number of carboxylic acid groups (broad SMARTS) is 1. The lowest BCUT2D eigenvalue weighted by Gasteiger charge is -2.36. The fourth-order valence-electron chi connectivity index (χ4n) is 6.43. The zero-order valence-electron chi connectivity index (χ0n) is 26.0. The van der Waals surface area contributed by atoms with Gasteiger partial charge in [0.25, 0.3) is 0 Å². The van der Waals surface area contributed by atoms with Crippen LogP contribution in [0.2, 0.25) is 5.02 Å². The lowest BCUT2D eigenvalue weighted by atomic mass is 9.72. The summed E-state index contributed by atoms with van der Waals surface area (Å²) in [5.41, 5.74) is 2.52. The lowest BCUT2D eigenvalue weighted by Crippen LogP contribution is -2.35. The van der Waals surface area contributed by atoms with Crippen molar-refractivity contribution in [1.29, 1.82) is 0 Å². The van der Waals surface area contributed by atoms with E-state index in [1.165, 1.54) is 36.3 Å². The molecule has 2 atom stereocenters. The topological polar surface area (TPSA) is 76.1 Å². The van der Waals surface area contributed by atoms with E-state index in [1.807, 2.05) is 0 Å². The number of cyclic esters (lactones) is 1. The molecule has 0 aromatic heterocycles. The first-order valence-electron chi connectivity index (χ1n) is 14.8. The van der Waals surface area contributed by atoms with Gasteiger partial charge in [-0.15, -0.1) is 0 Å². The summed E-state index contributed by atoms with van der Waals surface area (Å²) in [7, 11) is 1.43. The maximum Gasteiger partial charge on any atom is 0.416 e. The molecule has 0 saturated carbocycles. The van der Waals surface area contributed by atoms with Crippen molar-refractivity contribution in [3.63, 3.8) is 0 Å². The average molecular weight is 660 g/mol. The number of ether oxygens (including phenoxy) is 2. The molecular formula is C35H34ClF4NO5. The molecule has 1 heterocycles. The van der Waals surface area contributed by atoms with Gasteiger partial charge in [0.2, 0.25) is 0 Å². The molecule has 1 amide bonds. The van der Waals surface area contributed by atoms with Crippen LogP contribution in [0.5, 0.6) is 5.75 Å². The molecule has 5 rings (SSSR count). The van der Waals surface area contributed by atoms with Crippen molar-refractivity contribution in [2.24, 2.45) is 5.41 Å². The zero-order valence-corrected chi connectivity index (χ0v) is 26.8. The molecule has 1 saturated heterocycles. The van der Waals surface area contributed by atoms with Gasteiger partial charge in [-0.25, -0.2) is 14.0 Å². The van der Waals surface area contributed by atoms with Gasteiger partial charge < -0.3 is 14.6 Å². The maximum absolute atomic E-state index is 15.5. The first kappa shape index (κ1) is 33.3. The number of alkyl halides is 3. The predicted octanol–water partition coefficient (Wildman–Crippen LogP) is 9.73. The Morgan fingerprint density at radius 1 is 1.11 bits per heavy atom. The molecule has 6 nitrogen and oxygen atoms in total. The van der Waals surface area contributed by atoms with Crippen LogP contribution in [0, 0.1) is 18.2 Å². The highest BCUT2D eigenvalue weighted by Gasteiger charge is 2.42. The molecule has 1 fully saturated rings. The number of methoxy groups -OCH3 is 1. The lowest BCUT2D eigenvalue weighted by molar-refractivity contribution is -0.137. The minimum absolute atomic E-state index is 0.0346. The minimum atomic E-state index is -4.55. The van der Waals surface area contributed by atoms with Crippen LogP contribution in [0.15, 0.2) is 54.1 Å². The van der Waals surface area contributed by atoms with Gasteiger partial charge in [0.05, 0.1) is 24.3 Å². The van der Waals surface area contributed by atoms with E-state index in [-0.39, 0.29) is 39.4 Å². The van der Waals surface area contributed by atoms with E-state index in [2.05, 4.69) is 13.8 Å². The number of hydrogen-bond acceptors (Lipinski definition) is 4. The Labute approximate surface area is 269 Å². The highest BCUT2D eigenvalue weighted by Crippen LogP contribution is 2.47. The number of halogens is 5. The van der Waals surface area contributed by atoms with Gasteiger partial charge >= 0.3 is 18.2 Å². The molecule has 2 aliphatic rings. The van der Waals surface area contributed by atoms with E-state index in [0.29, 0.717) is 29.5 Å². The summed E-state index contributed by atoms with van der Waals surface area (Å²) >= 11 is 6.42. The highest BCUT2D eigenvalue weighted by molar-refractivity contribution is 6.33. The Kier molecular flexibility index (Phi) is 8.90. The van der Waals surface area contributed by atoms with E-state index in [1.54, 1.807) is 26.0 Å². The summed E-state index contributed by atoms with van der Waals surface area (Å²) in [4.78, 5) is 26.2. The molecule has 244 valence electrons. The number of carbonyl (C=O) groups is 2. The van der Waals surface area contributed by atoms with Crippen molar-refractivity contribution >= 4 is 29.2 Å². The summed E-state index contributed by atoms with van der Waals surface area (Å²) in [6.45, 7) is 7.69.